The zero-order chi connectivity index (χ0) is 7.56. The van der Waals surface area contributed by atoms with Gasteiger partial charge in [-0.05, 0) is 46.9 Å². The third-order valence-corrected chi connectivity index (χ3v) is 3.04. The normalized spacial score (nSPS) is 13.5. The summed E-state index contributed by atoms with van der Waals surface area (Å²) >= 11 is 5.15. The van der Waals surface area contributed by atoms with Crippen LogP contribution < -0.4 is 5.32 Å². The van der Waals surface area contributed by atoms with E-state index in [2.05, 4.69) is 39.6 Å². The van der Waals surface area contributed by atoms with Gasteiger partial charge in [-0.2, -0.15) is 0 Å². The molecule has 0 saturated carbocycles. The summed E-state index contributed by atoms with van der Waals surface area (Å²) in [6.07, 6.45) is 0. The molecule has 0 aromatic carbocycles. The fourth-order valence-electron chi connectivity index (χ4n) is 0.717. The van der Waals surface area contributed by atoms with Gasteiger partial charge in [-0.1, -0.05) is 0 Å². The Morgan fingerprint density at radius 1 is 1.70 bits per heavy atom. The topological polar surface area (TPSA) is 12.0 Å². The van der Waals surface area contributed by atoms with Gasteiger partial charge in [0.15, 0.2) is 0 Å². The van der Waals surface area contributed by atoms with Gasteiger partial charge in [-0.15, -0.1) is 11.3 Å². The van der Waals surface area contributed by atoms with Gasteiger partial charge in [0.05, 0.1) is 3.79 Å². The Morgan fingerprint density at radius 3 is 2.80 bits per heavy atom. The zero-order valence-electron chi connectivity index (χ0n) is 6.02. The largest absolute Gasteiger partial charge is 0.313 e. The Balaban J connectivity index is 2.74. The maximum Gasteiger partial charge on any atom is 0.0701 e. The van der Waals surface area contributed by atoms with Crippen molar-refractivity contribution in [3.05, 3.63) is 20.8 Å². The molecule has 1 heterocycles. The molecule has 0 bridgehead atoms. The van der Waals surface area contributed by atoms with Crippen molar-refractivity contribution >= 4 is 27.3 Å². The Morgan fingerprint density at radius 2 is 2.40 bits per heavy atom. The van der Waals surface area contributed by atoms with Crippen molar-refractivity contribution in [3.63, 3.8) is 0 Å². The molecule has 1 rings (SSSR count). The molecule has 0 aliphatic heterocycles. The molecule has 0 aliphatic carbocycles. The summed E-state index contributed by atoms with van der Waals surface area (Å²) < 4.78 is 1.20. The maximum atomic E-state index is 3.42. The van der Waals surface area contributed by atoms with E-state index in [1.165, 1.54) is 9.35 Å². The van der Waals surface area contributed by atoms with Crippen LogP contribution in [0, 0.1) is 0 Å². The standard InChI is InChI=1S/C7H10BrNS/c1-5(9-2)6-3-7(8)10-4-6/h3-5,9H,1-2H3. The molecule has 10 heavy (non-hydrogen) atoms. The molecule has 0 aliphatic rings. The zero-order valence-corrected chi connectivity index (χ0v) is 8.42. The fourth-order valence-corrected chi connectivity index (χ4v) is 1.99. The van der Waals surface area contributed by atoms with E-state index in [4.69, 9.17) is 0 Å². The lowest BCUT2D eigenvalue weighted by atomic mass is 10.2. The molecular weight excluding hydrogens is 210 g/mol. The number of thiophene rings is 1. The lowest BCUT2D eigenvalue weighted by Gasteiger charge is -2.05. The highest BCUT2D eigenvalue weighted by Crippen LogP contribution is 2.24. The van der Waals surface area contributed by atoms with Crippen molar-refractivity contribution in [1.82, 2.24) is 5.32 Å². The molecule has 1 nitrogen and oxygen atoms in total. The SMILES string of the molecule is CNC(C)c1csc(Br)c1. The van der Waals surface area contributed by atoms with Crippen molar-refractivity contribution in [1.29, 1.82) is 0 Å². The molecule has 0 radical (unpaired) electrons. The smallest absolute Gasteiger partial charge is 0.0701 e. The van der Waals surface area contributed by atoms with Crippen molar-refractivity contribution in [2.24, 2.45) is 0 Å². The van der Waals surface area contributed by atoms with Crippen molar-refractivity contribution in [3.8, 4) is 0 Å². The summed E-state index contributed by atoms with van der Waals surface area (Å²) in [5.41, 5.74) is 1.35. The summed E-state index contributed by atoms with van der Waals surface area (Å²) in [6, 6.07) is 2.61. The average molecular weight is 220 g/mol. The lowest BCUT2D eigenvalue weighted by molar-refractivity contribution is 0.654. The van der Waals surface area contributed by atoms with Gasteiger partial charge in [0, 0.05) is 6.04 Å². The summed E-state index contributed by atoms with van der Waals surface area (Å²) in [7, 11) is 1.97. The van der Waals surface area contributed by atoms with E-state index in [9.17, 15) is 0 Å². The second-order valence-electron chi connectivity index (χ2n) is 2.19. The van der Waals surface area contributed by atoms with Crippen LogP contribution in [-0.2, 0) is 0 Å². The molecule has 56 valence electrons. The third kappa shape index (κ3) is 1.81. The predicted octanol–water partition coefficient (Wildman–Crippen LogP) is 2.79. The van der Waals surface area contributed by atoms with Gasteiger partial charge in [0.2, 0.25) is 0 Å². The molecule has 1 atom stereocenters. The van der Waals surface area contributed by atoms with E-state index in [0.717, 1.165) is 0 Å². The minimum absolute atomic E-state index is 0.461. The maximum absolute atomic E-state index is 3.42. The van der Waals surface area contributed by atoms with Crippen LogP contribution in [0.2, 0.25) is 0 Å². The summed E-state index contributed by atoms with van der Waals surface area (Å²) in [5, 5.41) is 5.34. The Labute approximate surface area is 73.6 Å². The van der Waals surface area contributed by atoms with Gasteiger partial charge in [-0.3, -0.25) is 0 Å². The molecule has 1 unspecified atom stereocenters. The third-order valence-electron chi connectivity index (χ3n) is 1.52. The molecule has 0 amide bonds. The minimum atomic E-state index is 0.461. The molecule has 1 aromatic rings. The number of rotatable bonds is 2. The van der Waals surface area contributed by atoms with Crippen molar-refractivity contribution in [2.45, 2.75) is 13.0 Å². The molecule has 0 fully saturated rings. The molecule has 1 N–H and O–H groups in total. The first-order valence-corrected chi connectivity index (χ1v) is 4.82. The highest BCUT2D eigenvalue weighted by atomic mass is 79.9. The van der Waals surface area contributed by atoms with Gasteiger partial charge < -0.3 is 5.32 Å². The minimum Gasteiger partial charge on any atom is -0.313 e. The Bertz CT molecular complexity index is 209. The van der Waals surface area contributed by atoms with E-state index in [0.29, 0.717) is 6.04 Å². The van der Waals surface area contributed by atoms with Crippen LogP contribution in [0.1, 0.15) is 18.5 Å². The van der Waals surface area contributed by atoms with Crippen LogP contribution in [0.4, 0.5) is 0 Å². The highest BCUT2D eigenvalue weighted by molar-refractivity contribution is 9.11. The number of nitrogens with one attached hydrogen (secondary N) is 1. The fraction of sp³-hybridized carbons (Fsp3) is 0.429. The Kier molecular flexibility index (Phi) is 2.89. The van der Waals surface area contributed by atoms with Crippen LogP contribution in [0.5, 0.6) is 0 Å². The monoisotopic (exact) mass is 219 g/mol. The van der Waals surface area contributed by atoms with Crippen molar-refractivity contribution < 1.29 is 0 Å². The van der Waals surface area contributed by atoms with E-state index in [1.807, 2.05) is 7.05 Å². The lowest BCUT2D eigenvalue weighted by Crippen LogP contribution is -2.10. The van der Waals surface area contributed by atoms with Gasteiger partial charge in [0.1, 0.15) is 0 Å². The van der Waals surface area contributed by atoms with Crippen LogP contribution in [0.25, 0.3) is 0 Å². The second kappa shape index (κ2) is 3.51. The predicted molar refractivity (Wildman–Crippen MR) is 49.5 cm³/mol. The molecule has 0 spiro atoms. The molecular formula is C7H10BrNS. The number of hydrogen-bond donors (Lipinski definition) is 1. The Hall–Kier alpha value is 0.140. The quantitative estimate of drug-likeness (QED) is 0.808. The van der Waals surface area contributed by atoms with Gasteiger partial charge >= 0.3 is 0 Å². The number of hydrogen-bond acceptors (Lipinski definition) is 2. The first kappa shape index (κ1) is 8.24. The second-order valence-corrected chi connectivity index (χ2v) is 4.48. The van der Waals surface area contributed by atoms with E-state index < -0.39 is 0 Å². The van der Waals surface area contributed by atoms with Crippen molar-refractivity contribution in [2.75, 3.05) is 7.05 Å². The first-order chi connectivity index (χ1) is 4.74. The number of halogens is 1. The molecule has 0 saturated heterocycles. The first-order valence-electron chi connectivity index (χ1n) is 3.15. The summed E-state index contributed by atoms with van der Waals surface area (Å²) in [5.74, 6) is 0. The van der Waals surface area contributed by atoms with E-state index in [1.54, 1.807) is 11.3 Å². The summed E-state index contributed by atoms with van der Waals surface area (Å²) in [4.78, 5) is 0. The van der Waals surface area contributed by atoms with Gasteiger partial charge in [-0.25, -0.2) is 0 Å². The van der Waals surface area contributed by atoms with Gasteiger partial charge in [0.25, 0.3) is 0 Å². The van der Waals surface area contributed by atoms with E-state index >= 15 is 0 Å². The van der Waals surface area contributed by atoms with Crippen LogP contribution >= 0.6 is 27.3 Å². The average Bonchev–Trinajstić information content (AvgIpc) is 2.34. The van der Waals surface area contributed by atoms with Crippen LogP contribution in [0.15, 0.2) is 15.2 Å². The summed E-state index contributed by atoms with van der Waals surface area (Å²) in [6.45, 7) is 2.15. The van der Waals surface area contributed by atoms with E-state index in [-0.39, 0.29) is 0 Å². The molecule has 1 aromatic heterocycles. The highest BCUT2D eigenvalue weighted by Gasteiger charge is 2.03. The van der Waals surface area contributed by atoms with Crippen LogP contribution in [-0.4, -0.2) is 7.05 Å². The molecule has 3 heteroatoms. The van der Waals surface area contributed by atoms with Crippen LogP contribution in [0.3, 0.4) is 0 Å².